The van der Waals surface area contributed by atoms with E-state index in [9.17, 15) is 0 Å². The van der Waals surface area contributed by atoms with Crippen molar-refractivity contribution in [2.24, 2.45) is 0 Å². The lowest BCUT2D eigenvalue weighted by atomic mass is 9.67. The van der Waals surface area contributed by atoms with E-state index in [2.05, 4.69) is 290 Å². The van der Waals surface area contributed by atoms with Crippen molar-refractivity contribution in [3.05, 3.63) is 307 Å². The second-order valence-electron chi connectivity index (χ2n) is 18.3. The Morgan fingerprint density at radius 2 is 0.771 bits per heavy atom. The number of rotatable bonds is 9. The third kappa shape index (κ3) is 6.78. The molecule has 0 heterocycles. The molecular weight excluding hydrogens is 843 g/mol. The van der Waals surface area contributed by atoms with E-state index in [-0.39, 0.29) is 0 Å². The highest BCUT2D eigenvalue weighted by Crippen LogP contribution is 2.58. The van der Waals surface area contributed by atoms with Gasteiger partial charge in [0.05, 0.1) is 11.1 Å². The minimum Gasteiger partial charge on any atom is -0.310 e. The molecule has 1 aliphatic carbocycles. The monoisotopic (exact) mass is 889 g/mol. The number of hydrogen-bond donors (Lipinski definition) is 0. The van der Waals surface area contributed by atoms with Crippen molar-refractivity contribution >= 4 is 38.6 Å². The summed E-state index contributed by atoms with van der Waals surface area (Å²) in [7, 11) is 0. The maximum atomic E-state index is 2.50. The van der Waals surface area contributed by atoms with Crippen molar-refractivity contribution in [3.63, 3.8) is 0 Å². The van der Waals surface area contributed by atoms with Crippen molar-refractivity contribution in [1.29, 1.82) is 0 Å². The lowest BCUT2D eigenvalue weighted by Crippen LogP contribution is -2.28. The van der Waals surface area contributed by atoms with E-state index in [1.807, 2.05) is 0 Å². The summed E-state index contributed by atoms with van der Waals surface area (Å²) in [5.74, 6) is 0. The van der Waals surface area contributed by atoms with Gasteiger partial charge in [0.1, 0.15) is 0 Å². The third-order valence-electron chi connectivity index (χ3n) is 14.6. The molecule has 0 fully saturated rings. The lowest BCUT2D eigenvalue weighted by molar-refractivity contribution is 0.768. The first-order valence-corrected chi connectivity index (χ1v) is 24.2. The molecule has 1 heteroatoms. The van der Waals surface area contributed by atoms with Gasteiger partial charge >= 0.3 is 0 Å². The van der Waals surface area contributed by atoms with Gasteiger partial charge in [-0.25, -0.2) is 0 Å². The van der Waals surface area contributed by atoms with Crippen LogP contribution in [0.3, 0.4) is 0 Å². The van der Waals surface area contributed by atoms with Gasteiger partial charge in [-0.3, -0.25) is 0 Å². The van der Waals surface area contributed by atoms with Crippen molar-refractivity contribution < 1.29 is 0 Å². The van der Waals surface area contributed by atoms with Crippen molar-refractivity contribution in [1.82, 2.24) is 0 Å². The molecule has 0 bridgehead atoms. The summed E-state index contributed by atoms with van der Waals surface area (Å²) < 4.78 is 0. The fourth-order valence-electron chi connectivity index (χ4n) is 11.4. The molecule has 13 rings (SSSR count). The largest absolute Gasteiger partial charge is 0.310 e. The van der Waals surface area contributed by atoms with Crippen molar-refractivity contribution in [2.45, 2.75) is 5.41 Å². The van der Waals surface area contributed by atoms with E-state index >= 15 is 0 Å². The van der Waals surface area contributed by atoms with E-state index in [0.717, 1.165) is 22.6 Å². The van der Waals surface area contributed by atoms with Crippen molar-refractivity contribution in [3.8, 4) is 55.6 Å². The molecule has 0 aromatic heterocycles. The second kappa shape index (κ2) is 17.2. The Labute approximate surface area is 409 Å². The quantitative estimate of drug-likeness (QED) is 0.131. The lowest BCUT2D eigenvalue weighted by Gasteiger charge is -2.35. The van der Waals surface area contributed by atoms with Crippen LogP contribution in [0.1, 0.15) is 22.3 Å². The average Bonchev–Trinajstić information content (AvgIpc) is 3.74. The van der Waals surface area contributed by atoms with Crippen LogP contribution in [0.4, 0.5) is 17.1 Å². The van der Waals surface area contributed by atoms with E-state index in [1.54, 1.807) is 0 Å². The highest BCUT2D eigenvalue weighted by Gasteiger charge is 2.46. The van der Waals surface area contributed by atoms with Crippen LogP contribution in [0.15, 0.2) is 285 Å². The van der Waals surface area contributed by atoms with Crippen LogP contribution in [0.2, 0.25) is 0 Å². The fourth-order valence-corrected chi connectivity index (χ4v) is 11.4. The van der Waals surface area contributed by atoms with E-state index in [0.29, 0.717) is 0 Å². The average molecular weight is 890 g/mol. The van der Waals surface area contributed by atoms with Gasteiger partial charge in [-0.05, 0) is 130 Å². The molecule has 0 saturated carbocycles. The zero-order valence-corrected chi connectivity index (χ0v) is 38.6. The standard InChI is InChI=1S/C69H47N/c1-5-20-49(21-6-1)59-30-15-16-32-64(59)68-61(50-22-7-2-8-23-50)33-19-35-67(68)70(56-41-38-48(39-42-56)52-40-44-60-53(46-52)37-36-51-24-13-14-29-58(51)60)57-43-45-63-62-31-17-18-34-65(62)69(66(63)47-57,54-25-9-3-10-26-54)55-27-11-4-12-28-55/h1-47H. The van der Waals surface area contributed by atoms with Crippen LogP contribution >= 0.6 is 0 Å². The van der Waals surface area contributed by atoms with Gasteiger partial charge in [0.25, 0.3) is 0 Å². The van der Waals surface area contributed by atoms with E-state index in [1.165, 1.54) is 93.9 Å². The summed E-state index contributed by atoms with van der Waals surface area (Å²) in [5.41, 5.74) is 19.6. The summed E-state index contributed by atoms with van der Waals surface area (Å²) in [6, 6.07) is 105. The number of anilines is 3. The zero-order chi connectivity index (χ0) is 46.4. The summed E-state index contributed by atoms with van der Waals surface area (Å²) in [5, 5.41) is 5.04. The molecule has 1 nitrogen and oxygen atoms in total. The first-order valence-electron chi connectivity index (χ1n) is 24.2. The first kappa shape index (κ1) is 41.2. The fraction of sp³-hybridized carbons (Fsp3) is 0.0145. The van der Waals surface area contributed by atoms with Gasteiger partial charge in [0.15, 0.2) is 0 Å². The molecule has 70 heavy (non-hydrogen) atoms. The first-order chi connectivity index (χ1) is 34.7. The Morgan fingerprint density at radius 1 is 0.257 bits per heavy atom. The van der Waals surface area contributed by atoms with Gasteiger partial charge in [-0.1, -0.05) is 249 Å². The second-order valence-corrected chi connectivity index (χ2v) is 18.3. The van der Waals surface area contributed by atoms with Crippen LogP contribution in [0, 0.1) is 0 Å². The Morgan fingerprint density at radius 3 is 1.49 bits per heavy atom. The van der Waals surface area contributed by atoms with Gasteiger partial charge in [-0.2, -0.15) is 0 Å². The number of benzene rings is 12. The van der Waals surface area contributed by atoms with Gasteiger partial charge in [0, 0.05) is 16.9 Å². The Bertz CT molecular complexity index is 3820. The number of hydrogen-bond acceptors (Lipinski definition) is 1. The SMILES string of the molecule is c1ccc(-c2ccccc2-c2c(-c3ccccc3)cccc2N(c2ccc(-c3ccc4c(ccc5ccccc54)c3)cc2)c2ccc3c(c2)C(c2ccccc2)(c2ccccc2)c2ccccc2-3)cc1. The molecule has 0 aliphatic heterocycles. The van der Waals surface area contributed by atoms with E-state index in [4.69, 9.17) is 0 Å². The molecule has 328 valence electrons. The predicted molar refractivity (Wildman–Crippen MR) is 295 cm³/mol. The van der Waals surface area contributed by atoms with Crippen LogP contribution in [0.5, 0.6) is 0 Å². The van der Waals surface area contributed by atoms with Crippen LogP contribution in [-0.2, 0) is 5.41 Å². The smallest absolute Gasteiger partial charge is 0.0714 e. The minimum atomic E-state index is -0.560. The summed E-state index contributed by atoms with van der Waals surface area (Å²) in [4.78, 5) is 2.50. The Hall–Kier alpha value is -9.04. The molecule has 0 unspecified atom stereocenters. The highest BCUT2D eigenvalue weighted by molar-refractivity contribution is 6.08. The molecular formula is C69H47N. The third-order valence-corrected chi connectivity index (χ3v) is 14.6. The minimum absolute atomic E-state index is 0.560. The van der Waals surface area contributed by atoms with Gasteiger partial charge in [0.2, 0.25) is 0 Å². The molecule has 0 saturated heterocycles. The summed E-state index contributed by atoms with van der Waals surface area (Å²) >= 11 is 0. The molecule has 0 spiro atoms. The molecule has 0 radical (unpaired) electrons. The molecule has 1 aliphatic rings. The van der Waals surface area contributed by atoms with Crippen LogP contribution in [0.25, 0.3) is 77.2 Å². The molecule has 0 N–H and O–H groups in total. The molecule has 0 amide bonds. The summed E-state index contributed by atoms with van der Waals surface area (Å²) in [6.45, 7) is 0. The predicted octanol–water partition coefficient (Wildman–Crippen LogP) is 18.5. The topological polar surface area (TPSA) is 3.24 Å². The number of nitrogens with zero attached hydrogens (tertiary/aromatic N) is 1. The van der Waals surface area contributed by atoms with Crippen LogP contribution < -0.4 is 4.90 Å². The molecule has 12 aromatic rings. The van der Waals surface area contributed by atoms with E-state index < -0.39 is 5.41 Å². The zero-order valence-electron chi connectivity index (χ0n) is 38.6. The van der Waals surface area contributed by atoms with Gasteiger partial charge < -0.3 is 4.90 Å². The Balaban J connectivity index is 1.07. The normalized spacial score (nSPS) is 12.4. The maximum Gasteiger partial charge on any atom is 0.0714 e. The van der Waals surface area contributed by atoms with Crippen molar-refractivity contribution in [2.75, 3.05) is 4.90 Å². The number of fused-ring (bicyclic) bond motifs is 6. The molecule has 0 atom stereocenters. The molecule has 12 aromatic carbocycles. The maximum absolute atomic E-state index is 2.50. The van der Waals surface area contributed by atoms with Crippen LogP contribution in [-0.4, -0.2) is 0 Å². The highest BCUT2D eigenvalue weighted by atomic mass is 15.1. The summed E-state index contributed by atoms with van der Waals surface area (Å²) in [6.07, 6.45) is 0. The van der Waals surface area contributed by atoms with Gasteiger partial charge in [-0.15, -0.1) is 0 Å². The Kier molecular flexibility index (Phi) is 10.1.